The average Bonchev–Trinajstić information content (AvgIpc) is 2.02. The Hall–Kier alpha value is -0.120. The Kier molecular flexibility index (Phi) is 3.93. The molecule has 3 nitrogen and oxygen atoms in total. The van der Waals surface area contributed by atoms with Crippen molar-refractivity contribution in [2.24, 2.45) is 0 Å². The molecule has 0 amide bonds. The molecule has 0 spiro atoms. The summed E-state index contributed by atoms with van der Waals surface area (Å²) in [6, 6.07) is 0. The van der Waals surface area contributed by atoms with Crippen molar-refractivity contribution in [3.63, 3.8) is 0 Å². The molecule has 1 fully saturated rings. The Morgan fingerprint density at radius 1 is 1.29 bits per heavy atom. The third-order valence-electron chi connectivity index (χ3n) is 2.58. The highest BCUT2D eigenvalue weighted by Crippen LogP contribution is 2.30. The van der Waals surface area contributed by atoms with Crippen LogP contribution in [0.2, 0.25) is 0 Å². The number of rotatable bonds is 3. The van der Waals surface area contributed by atoms with Crippen LogP contribution in [0.4, 0.5) is 0 Å². The lowest BCUT2D eigenvalue weighted by Gasteiger charge is -2.44. The first-order valence-corrected chi connectivity index (χ1v) is 5.38. The van der Waals surface area contributed by atoms with Gasteiger partial charge in [0.05, 0.1) is 12.2 Å². The first-order chi connectivity index (χ1) is 6.50. The fourth-order valence-electron chi connectivity index (χ4n) is 2.13. The highest BCUT2D eigenvalue weighted by molar-refractivity contribution is 4.83. The maximum absolute atomic E-state index is 5.84. The van der Waals surface area contributed by atoms with Crippen LogP contribution in [0.5, 0.6) is 0 Å². The van der Waals surface area contributed by atoms with E-state index in [4.69, 9.17) is 14.2 Å². The molecule has 0 bridgehead atoms. The van der Waals surface area contributed by atoms with Gasteiger partial charge in [0.2, 0.25) is 0 Å². The molecule has 0 aromatic carbocycles. The van der Waals surface area contributed by atoms with Gasteiger partial charge in [-0.2, -0.15) is 0 Å². The van der Waals surface area contributed by atoms with Crippen LogP contribution in [-0.2, 0) is 14.2 Å². The molecule has 1 rings (SSSR count). The predicted molar refractivity (Wildman–Crippen MR) is 55.2 cm³/mol. The summed E-state index contributed by atoms with van der Waals surface area (Å²) < 4.78 is 17.0. The summed E-state index contributed by atoms with van der Waals surface area (Å²) in [5.41, 5.74) is 0. The van der Waals surface area contributed by atoms with Gasteiger partial charge in [0, 0.05) is 7.11 Å². The van der Waals surface area contributed by atoms with E-state index in [2.05, 4.69) is 6.92 Å². The van der Waals surface area contributed by atoms with Gasteiger partial charge >= 0.3 is 0 Å². The molecule has 1 aliphatic heterocycles. The summed E-state index contributed by atoms with van der Waals surface area (Å²) in [5.74, 6) is -0.478. The Bertz CT molecular complexity index is 179. The first-order valence-electron chi connectivity index (χ1n) is 5.38. The molecular weight excluding hydrogens is 180 g/mol. The Morgan fingerprint density at radius 2 is 1.93 bits per heavy atom. The van der Waals surface area contributed by atoms with Crippen LogP contribution in [0.15, 0.2) is 0 Å². The second-order valence-electron chi connectivity index (χ2n) is 4.37. The van der Waals surface area contributed by atoms with Crippen LogP contribution in [-0.4, -0.2) is 31.2 Å². The Balaban J connectivity index is 2.67. The van der Waals surface area contributed by atoms with E-state index in [0.717, 1.165) is 12.8 Å². The number of ether oxygens (including phenoxy) is 3. The monoisotopic (exact) mass is 202 g/mol. The fourth-order valence-corrected chi connectivity index (χ4v) is 2.13. The molecule has 0 unspecified atom stereocenters. The molecule has 0 aliphatic carbocycles. The van der Waals surface area contributed by atoms with Crippen LogP contribution >= 0.6 is 0 Å². The van der Waals surface area contributed by atoms with Gasteiger partial charge < -0.3 is 14.2 Å². The third-order valence-corrected chi connectivity index (χ3v) is 2.58. The molecule has 0 saturated carbocycles. The van der Waals surface area contributed by atoms with Gasteiger partial charge in [0.25, 0.3) is 0 Å². The van der Waals surface area contributed by atoms with Crippen LogP contribution in [0.1, 0.15) is 40.5 Å². The van der Waals surface area contributed by atoms with Crippen molar-refractivity contribution in [3.8, 4) is 0 Å². The zero-order valence-corrected chi connectivity index (χ0v) is 9.87. The van der Waals surface area contributed by atoms with Crippen molar-refractivity contribution in [2.45, 2.75) is 64.6 Å². The quantitative estimate of drug-likeness (QED) is 0.703. The topological polar surface area (TPSA) is 27.7 Å². The smallest absolute Gasteiger partial charge is 0.163 e. The molecule has 3 atom stereocenters. The maximum Gasteiger partial charge on any atom is 0.163 e. The largest absolute Gasteiger partial charge is 0.376 e. The molecule has 3 heteroatoms. The van der Waals surface area contributed by atoms with E-state index < -0.39 is 5.79 Å². The van der Waals surface area contributed by atoms with E-state index in [1.165, 1.54) is 0 Å². The van der Waals surface area contributed by atoms with E-state index in [9.17, 15) is 0 Å². The molecule has 0 aromatic rings. The van der Waals surface area contributed by atoms with Crippen LogP contribution in [0.25, 0.3) is 0 Å². The number of methoxy groups -OCH3 is 1. The lowest BCUT2D eigenvalue weighted by atomic mass is 10.0. The fraction of sp³-hybridized carbons (Fsp3) is 1.00. The van der Waals surface area contributed by atoms with Gasteiger partial charge in [-0.1, -0.05) is 13.3 Å². The van der Waals surface area contributed by atoms with E-state index in [0.29, 0.717) is 0 Å². The summed E-state index contributed by atoms with van der Waals surface area (Å²) in [6.07, 6.45) is 2.44. The molecule has 1 saturated heterocycles. The van der Waals surface area contributed by atoms with Crippen molar-refractivity contribution in [2.75, 3.05) is 7.11 Å². The standard InChI is InChI=1S/C11H22O3/c1-6-7-9-10(12-5)8(2)13-11(3,4)14-9/h8-10H,6-7H2,1-5H3/t8-,9+,10+/m0/s1. The molecular formula is C11H22O3. The normalized spacial score (nSPS) is 37.1. The van der Waals surface area contributed by atoms with Gasteiger partial charge in [-0.25, -0.2) is 0 Å². The van der Waals surface area contributed by atoms with Gasteiger partial charge in [-0.3, -0.25) is 0 Å². The van der Waals surface area contributed by atoms with E-state index in [-0.39, 0.29) is 18.3 Å². The van der Waals surface area contributed by atoms with Gasteiger partial charge in [-0.15, -0.1) is 0 Å². The van der Waals surface area contributed by atoms with Gasteiger partial charge in [0.1, 0.15) is 6.10 Å². The zero-order valence-electron chi connectivity index (χ0n) is 9.87. The number of hydrogen-bond donors (Lipinski definition) is 0. The summed E-state index contributed by atoms with van der Waals surface area (Å²) in [4.78, 5) is 0. The molecule has 0 aromatic heterocycles. The van der Waals surface area contributed by atoms with Crippen molar-refractivity contribution < 1.29 is 14.2 Å². The third kappa shape index (κ3) is 2.69. The van der Waals surface area contributed by atoms with E-state index in [1.807, 2.05) is 20.8 Å². The Morgan fingerprint density at radius 3 is 2.43 bits per heavy atom. The average molecular weight is 202 g/mol. The van der Waals surface area contributed by atoms with Crippen molar-refractivity contribution >= 4 is 0 Å². The minimum absolute atomic E-state index is 0.0583. The highest BCUT2D eigenvalue weighted by atomic mass is 16.7. The maximum atomic E-state index is 5.84. The van der Waals surface area contributed by atoms with Gasteiger partial charge in [-0.05, 0) is 27.2 Å². The SMILES string of the molecule is CCC[C@H]1OC(C)(C)O[C@@H](C)[C@H]1OC. The number of hydrogen-bond acceptors (Lipinski definition) is 3. The van der Waals surface area contributed by atoms with Crippen molar-refractivity contribution in [3.05, 3.63) is 0 Å². The van der Waals surface area contributed by atoms with Gasteiger partial charge in [0.15, 0.2) is 5.79 Å². The van der Waals surface area contributed by atoms with Crippen molar-refractivity contribution in [1.82, 2.24) is 0 Å². The molecule has 0 N–H and O–H groups in total. The lowest BCUT2D eigenvalue weighted by molar-refractivity contribution is -0.332. The minimum Gasteiger partial charge on any atom is -0.376 e. The van der Waals surface area contributed by atoms with E-state index in [1.54, 1.807) is 7.11 Å². The first kappa shape index (κ1) is 12.0. The molecule has 1 aliphatic rings. The molecule has 84 valence electrons. The summed E-state index contributed by atoms with van der Waals surface area (Å²) in [6.45, 7) is 8.11. The van der Waals surface area contributed by atoms with Crippen molar-refractivity contribution in [1.29, 1.82) is 0 Å². The van der Waals surface area contributed by atoms with Crippen LogP contribution in [0, 0.1) is 0 Å². The second kappa shape index (κ2) is 4.60. The molecule has 14 heavy (non-hydrogen) atoms. The van der Waals surface area contributed by atoms with Crippen LogP contribution < -0.4 is 0 Å². The zero-order chi connectivity index (χ0) is 10.8. The highest BCUT2D eigenvalue weighted by Gasteiger charge is 2.40. The summed E-state index contributed by atoms with van der Waals surface area (Å²) >= 11 is 0. The van der Waals surface area contributed by atoms with Crippen LogP contribution in [0.3, 0.4) is 0 Å². The Labute approximate surface area is 86.7 Å². The minimum atomic E-state index is -0.478. The molecule has 0 radical (unpaired) electrons. The second-order valence-corrected chi connectivity index (χ2v) is 4.37. The summed E-state index contributed by atoms with van der Waals surface area (Å²) in [5, 5.41) is 0. The van der Waals surface area contributed by atoms with E-state index >= 15 is 0 Å². The molecule has 1 heterocycles. The summed E-state index contributed by atoms with van der Waals surface area (Å²) in [7, 11) is 1.72. The lowest BCUT2D eigenvalue weighted by Crippen LogP contribution is -2.53. The predicted octanol–water partition coefficient (Wildman–Crippen LogP) is 2.34.